The Kier molecular flexibility index (Phi) is 11.5. The second kappa shape index (κ2) is 15.2. The Bertz CT molecular complexity index is 868. The van der Waals surface area contributed by atoms with Gasteiger partial charge in [0.1, 0.15) is 12.4 Å². The molecular formula is C29H37NO3. The van der Waals surface area contributed by atoms with Gasteiger partial charge in [0.15, 0.2) is 0 Å². The molecule has 3 aromatic rings. The van der Waals surface area contributed by atoms with Crippen molar-refractivity contribution in [3.63, 3.8) is 0 Å². The number of aliphatic hydroxyl groups is 1. The number of benzene rings is 3. The molecule has 3 rings (SSSR count). The Balaban J connectivity index is 1.14. The van der Waals surface area contributed by atoms with Gasteiger partial charge in [0.2, 0.25) is 0 Å². The maximum absolute atomic E-state index is 10.1. The van der Waals surface area contributed by atoms with Gasteiger partial charge in [-0.1, -0.05) is 85.6 Å². The third-order valence-corrected chi connectivity index (χ3v) is 5.62. The van der Waals surface area contributed by atoms with Crippen LogP contribution in [0.25, 0.3) is 0 Å². The summed E-state index contributed by atoms with van der Waals surface area (Å²) in [5, 5.41) is 13.5. The Morgan fingerprint density at radius 1 is 0.697 bits per heavy atom. The van der Waals surface area contributed by atoms with E-state index in [2.05, 4.69) is 29.6 Å². The summed E-state index contributed by atoms with van der Waals surface area (Å²) in [6.45, 7) is 3.71. The van der Waals surface area contributed by atoms with Crippen molar-refractivity contribution in [2.75, 3.05) is 26.3 Å². The monoisotopic (exact) mass is 447 g/mol. The fourth-order valence-electron chi connectivity index (χ4n) is 3.62. The summed E-state index contributed by atoms with van der Waals surface area (Å²) in [4.78, 5) is 0. The van der Waals surface area contributed by atoms with Crippen LogP contribution in [0.1, 0.15) is 48.5 Å². The summed E-state index contributed by atoms with van der Waals surface area (Å²) < 4.78 is 11.6. The Morgan fingerprint density at radius 2 is 1.39 bits per heavy atom. The first-order chi connectivity index (χ1) is 16.3. The molecule has 4 heteroatoms. The summed E-state index contributed by atoms with van der Waals surface area (Å²) in [5.74, 6) is 0.896. The molecule has 0 saturated carbocycles. The summed E-state index contributed by atoms with van der Waals surface area (Å²) >= 11 is 0. The van der Waals surface area contributed by atoms with Gasteiger partial charge in [0.25, 0.3) is 0 Å². The molecule has 0 aliphatic rings. The minimum Gasteiger partial charge on any atom is -0.489 e. The van der Waals surface area contributed by atoms with Gasteiger partial charge in [-0.05, 0) is 54.6 Å². The molecule has 1 atom stereocenters. The van der Waals surface area contributed by atoms with E-state index in [1.165, 1.54) is 24.0 Å². The first kappa shape index (κ1) is 25.0. The van der Waals surface area contributed by atoms with Crippen molar-refractivity contribution in [1.29, 1.82) is 0 Å². The highest BCUT2D eigenvalue weighted by molar-refractivity contribution is 5.28. The fraction of sp³-hybridized carbons (Fsp3) is 0.379. The zero-order valence-electron chi connectivity index (χ0n) is 19.5. The molecule has 0 heterocycles. The van der Waals surface area contributed by atoms with Crippen LogP contribution in [0.15, 0.2) is 84.9 Å². The molecule has 33 heavy (non-hydrogen) atoms. The summed E-state index contributed by atoms with van der Waals surface area (Å²) in [6, 6.07) is 28.3. The molecule has 0 aromatic heterocycles. The molecule has 0 radical (unpaired) electrons. The van der Waals surface area contributed by atoms with E-state index >= 15 is 0 Å². The Hall–Kier alpha value is -2.66. The molecule has 1 unspecified atom stereocenters. The quantitative estimate of drug-likeness (QED) is 0.276. The number of aliphatic hydroxyl groups excluding tert-OH is 1. The first-order valence-electron chi connectivity index (χ1n) is 12.1. The van der Waals surface area contributed by atoms with Crippen LogP contribution in [-0.4, -0.2) is 31.4 Å². The molecular weight excluding hydrogens is 410 g/mol. The van der Waals surface area contributed by atoms with Crippen LogP contribution in [0.3, 0.4) is 0 Å². The van der Waals surface area contributed by atoms with Crippen molar-refractivity contribution >= 4 is 0 Å². The molecule has 0 saturated heterocycles. The number of nitrogens with one attached hydrogen (secondary N) is 1. The molecule has 2 N–H and O–H groups in total. The molecule has 3 aromatic carbocycles. The maximum atomic E-state index is 10.1. The van der Waals surface area contributed by atoms with E-state index < -0.39 is 6.10 Å². The van der Waals surface area contributed by atoms with Crippen LogP contribution in [-0.2, 0) is 17.8 Å². The predicted octanol–water partition coefficient (Wildman–Crippen LogP) is 5.71. The Morgan fingerprint density at radius 3 is 2.15 bits per heavy atom. The first-order valence-corrected chi connectivity index (χ1v) is 12.1. The number of hydrogen-bond acceptors (Lipinski definition) is 4. The van der Waals surface area contributed by atoms with Gasteiger partial charge >= 0.3 is 0 Å². The SMILES string of the molecule is OC(CNCCCCCCOCCc1ccc(OCc2ccccc2)cc1)c1ccccc1. The van der Waals surface area contributed by atoms with E-state index in [1.54, 1.807) is 0 Å². The van der Waals surface area contributed by atoms with Gasteiger partial charge in [-0.2, -0.15) is 0 Å². The predicted molar refractivity (Wildman–Crippen MR) is 134 cm³/mol. The van der Waals surface area contributed by atoms with Gasteiger partial charge < -0.3 is 19.9 Å². The minimum absolute atomic E-state index is 0.433. The van der Waals surface area contributed by atoms with E-state index in [-0.39, 0.29) is 0 Å². The highest BCUT2D eigenvalue weighted by Crippen LogP contribution is 2.15. The minimum atomic E-state index is -0.433. The lowest BCUT2D eigenvalue weighted by Crippen LogP contribution is -2.22. The Labute approximate surface area is 198 Å². The topological polar surface area (TPSA) is 50.7 Å². The number of ether oxygens (including phenoxy) is 2. The molecule has 0 amide bonds. The van der Waals surface area contributed by atoms with Crippen molar-refractivity contribution in [3.05, 3.63) is 102 Å². The third-order valence-electron chi connectivity index (χ3n) is 5.62. The van der Waals surface area contributed by atoms with Gasteiger partial charge in [-0.3, -0.25) is 0 Å². The van der Waals surface area contributed by atoms with Crippen molar-refractivity contribution in [3.8, 4) is 5.75 Å². The van der Waals surface area contributed by atoms with Gasteiger partial charge in [-0.25, -0.2) is 0 Å². The molecule has 0 aliphatic heterocycles. The van der Waals surface area contributed by atoms with Crippen LogP contribution < -0.4 is 10.1 Å². The number of rotatable bonds is 16. The highest BCUT2D eigenvalue weighted by atomic mass is 16.5. The van der Waals surface area contributed by atoms with Gasteiger partial charge in [-0.15, -0.1) is 0 Å². The maximum Gasteiger partial charge on any atom is 0.119 e. The second-order valence-corrected chi connectivity index (χ2v) is 8.33. The molecule has 0 aliphatic carbocycles. The van der Waals surface area contributed by atoms with E-state index in [0.717, 1.165) is 50.3 Å². The van der Waals surface area contributed by atoms with Crippen molar-refractivity contribution < 1.29 is 14.6 Å². The van der Waals surface area contributed by atoms with Crippen molar-refractivity contribution in [2.45, 2.75) is 44.8 Å². The lowest BCUT2D eigenvalue weighted by Gasteiger charge is -2.12. The molecule has 4 nitrogen and oxygen atoms in total. The average molecular weight is 448 g/mol. The average Bonchev–Trinajstić information content (AvgIpc) is 2.87. The van der Waals surface area contributed by atoms with Crippen LogP contribution in [0.4, 0.5) is 0 Å². The zero-order chi connectivity index (χ0) is 23.0. The summed E-state index contributed by atoms with van der Waals surface area (Å²) in [6.07, 6.45) is 5.07. The molecule has 0 spiro atoms. The normalized spacial score (nSPS) is 11.9. The van der Waals surface area contributed by atoms with Crippen molar-refractivity contribution in [1.82, 2.24) is 5.32 Å². The fourth-order valence-corrected chi connectivity index (χ4v) is 3.62. The van der Waals surface area contributed by atoms with Gasteiger partial charge in [0.05, 0.1) is 12.7 Å². The van der Waals surface area contributed by atoms with Crippen LogP contribution in [0.2, 0.25) is 0 Å². The number of unbranched alkanes of at least 4 members (excludes halogenated alkanes) is 3. The lowest BCUT2D eigenvalue weighted by atomic mass is 10.1. The smallest absolute Gasteiger partial charge is 0.119 e. The van der Waals surface area contributed by atoms with E-state index in [4.69, 9.17) is 9.47 Å². The zero-order valence-corrected chi connectivity index (χ0v) is 19.5. The summed E-state index contributed by atoms with van der Waals surface area (Å²) in [5.41, 5.74) is 3.41. The molecule has 0 fully saturated rings. The number of hydrogen-bond donors (Lipinski definition) is 2. The molecule has 0 bridgehead atoms. The largest absolute Gasteiger partial charge is 0.489 e. The van der Waals surface area contributed by atoms with E-state index in [9.17, 15) is 5.11 Å². The lowest BCUT2D eigenvalue weighted by molar-refractivity contribution is 0.132. The highest BCUT2D eigenvalue weighted by Gasteiger charge is 2.05. The standard InChI is InChI=1S/C29H37NO3/c31-29(27-13-7-4-8-14-27)23-30-20-9-1-2-10-21-32-22-19-25-15-17-28(18-16-25)33-24-26-11-5-3-6-12-26/h3-8,11-18,29-31H,1-2,9-10,19-24H2. The van der Waals surface area contributed by atoms with Crippen LogP contribution in [0, 0.1) is 0 Å². The summed E-state index contributed by atoms with van der Waals surface area (Å²) in [7, 11) is 0. The van der Waals surface area contributed by atoms with E-state index in [1.807, 2.05) is 60.7 Å². The molecule has 176 valence electrons. The van der Waals surface area contributed by atoms with Crippen LogP contribution in [0.5, 0.6) is 5.75 Å². The third kappa shape index (κ3) is 10.2. The van der Waals surface area contributed by atoms with E-state index in [0.29, 0.717) is 13.2 Å². The van der Waals surface area contributed by atoms with Crippen molar-refractivity contribution in [2.24, 2.45) is 0 Å². The van der Waals surface area contributed by atoms with Gasteiger partial charge in [0, 0.05) is 13.2 Å². The second-order valence-electron chi connectivity index (χ2n) is 8.33. The van der Waals surface area contributed by atoms with Crippen LogP contribution >= 0.6 is 0 Å².